The van der Waals surface area contributed by atoms with E-state index in [0.717, 1.165) is 0 Å². The van der Waals surface area contributed by atoms with Crippen LogP contribution in [-0.4, -0.2) is 92.6 Å². The van der Waals surface area contributed by atoms with Crippen LogP contribution in [0.25, 0.3) is 0 Å². The number of methoxy groups -OCH3 is 1. The predicted octanol–water partition coefficient (Wildman–Crippen LogP) is 1.70. The van der Waals surface area contributed by atoms with Gasteiger partial charge in [0.05, 0.1) is 43.9 Å². The van der Waals surface area contributed by atoms with Crippen molar-refractivity contribution in [2.24, 2.45) is 13.0 Å². The molecule has 0 spiro atoms. The van der Waals surface area contributed by atoms with Gasteiger partial charge in [-0.2, -0.15) is 12.7 Å². The number of nitrogens with zero attached hydrogens (tertiary/aromatic N) is 4. The van der Waals surface area contributed by atoms with Crippen LogP contribution in [0.1, 0.15) is 19.4 Å². The lowest BCUT2D eigenvalue weighted by Crippen LogP contribution is -2.48. The summed E-state index contributed by atoms with van der Waals surface area (Å²) in [6.45, 7) is 3.46. The monoisotopic (exact) mass is 635 g/mol. The number of aromatic nitrogens is 2. The Morgan fingerprint density at radius 2 is 1.88 bits per heavy atom. The Balaban J connectivity index is 1.67. The molecular formula is C28H37N5O8S2. The van der Waals surface area contributed by atoms with Gasteiger partial charge in [-0.1, -0.05) is 6.92 Å². The Kier molecular flexibility index (Phi) is 9.69. The van der Waals surface area contributed by atoms with Crippen LogP contribution in [0.4, 0.5) is 5.69 Å². The van der Waals surface area contributed by atoms with Gasteiger partial charge >= 0.3 is 0 Å². The average Bonchev–Trinajstić information content (AvgIpc) is 3.43. The molecule has 1 aliphatic heterocycles. The zero-order valence-corrected chi connectivity index (χ0v) is 26.3. The van der Waals surface area contributed by atoms with Crippen molar-refractivity contribution in [3.63, 3.8) is 0 Å². The van der Waals surface area contributed by atoms with E-state index < -0.39 is 32.2 Å². The van der Waals surface area contributed by atoms with Crippen LogP contribution < -0.4 is 14.2 Å². The van der Waals surface area contributed by atoms with E-state index in [2.05, 4.69) is 9.71 Å². The highest BCUT2D eigenvalue weighted by Crippen LogP contribution is 2.30. The molecule has 2 N–H and O–H groups in total. The largest absolute Gasteiger partial charge is 0.497 e. The van der Waals surface area contributed by atoms with Crippen LogP contribution in [-0.2, 0) is 38.3 Å². The second-order valence-electron chi connectivity index (χ2n) is 10.7. The molecule has 0 unspecified atom stereocenters. The number of benzene rings is 2. The minimum absolute atomic E-state index is 0.0431. The molecule has 1 aliphatic rings. The molecule has 13 nitrogen and oxygen atoms in total. The summed E-state index contributed by atoms with van der Waals surface area (Å²) in [5, 5.41) is 9.71. The maximum absolute atomic E-state index is 13.5. The number of amides is 1. The lowest BCUT2D eigenvalue weighted by molar-refractivity contribution is -0.134. The number of aliphatic hydroxyl groups is 1. The molecule has 1 amide bonds. The SMILES string of the molecule is COc1ccc(S(=O)(=O)N(C)C[C@@H]2Oc3ccc(NS(=O)(=O)c4cn(C)cn4)cc3CC(=O)N([C@@H](C)CO)C[C@H]2C)cc1. The first-order valence-electron chi connectivity index (χ1n) is 13.6. The molecule has 2 aromatic carbocycles. The van der Waals surface area contributed by atoms with Gasteiger partial charge in [-0.15, -0.1) is 0 Å². The van der Waals surface area contributed by atoms with Gasteiger partial charge in [0.25, 0.3) is 10.0 Å². The maximum atomic E-state index is 13.5. The fourth-order valence-corrected chi connectivity index (χ4v) is 6.94. The second kappa shape index (κ2) is 12.9. The maximum Gasteiger partial charge on any atom is 0.280 e. The van der Waals surface area contributed by atoms with E-state index in [-0.39, 0.29) is 53.6 Å². The number of aryl methyl sites for hydroxylation is 1. The number of anilines is 1. The average molecular weight is 636 g/mol. The van der Waals surface area contributed by atoms with Crippen LogP contribution in [0.5, 0.6) is 11.5 Å². The van der Waals surface area contributed by atoms with E-state index in [9.17, 15) is 26.7 Å². The van der Waals surface area contributed by atoms with Crippen LogP contribution in [0.3, 0.4) is 0 Å². The normalized spacial score (nSPS) is 18.7. The van der Waals surface area contributed by atoms with E-state index in [4.69, 9.17) is 9.47 Å². The number of aliphatic hydroxyl groups excluding tert-OH is 1. The van der Waals surface area contributed by atoms with E-state index in [1.54, 1.807) is 37.1 Å². The van der Waals surface area contributed by atoms with Crippen molar-refractivity contribution in [2.75, 3.05) is 38.6 Å². The molecular weight excluding hydrogens is 598 g/mol. The van der Waals surface area contributed by atoms with Gasteiger partial charge in [-0.3, -0.25) is 9.52 Å². The third-order valence-electron chi connectivity index (χ3n) is 7.33. The fourth-order valence-electron chi connectivity index (χ4n) is 4.73. The van der Waals surface area contributed by atoms with Crippen molar-refractivity contribution in [1.82, 2.24) is 18.8 Å². The molecule has 234 valence electrons. The van der Waals surface area contributed by atoms with Gasteiger partial charge in [0.15, 0.2) is 5.03 Å². The number of hydrogen-bond acceptors (Lipinski definition) is 9. The van der Waals surface area contributed by atoms with Gasteiger partial charge in [-0.25, -0.2) is 13.4 Å². The van der Waals surface area contributed by atoms with Crippen molar-refractivity contribution in [3.05, 3.63) is 60.6 Å². The molecule has 0 saturated carbocycles. The number of nitrogens with one attached hydrogen (secondary N) is 1. The fraction of sp³-hybridized carbons (Fsp3) is 0.429. The molecule has 0 aliphatic carbocycles. The Bertz CT molecular complexity index is 1660. The van der Waals surface area contributed by atoms with E-state index in [1.807, 2.05) is 6.92 Å². The summed E-state index contributed by atoms with van der Waals surface area (Å²) in [6, 6.07) is 10.1. The van der Waals surface area contributed by atoms with Crippen LogP contribution in [0, 0.1) is 5.92 Å². The number of imidazole rings is 1. The smallest absolute Gasteiger partial charge is 0.280 e. The third kappa shape index (κ3) is 7.29. The summed E-state index contributed by atoms with van der Waals surface area (Å²) in [4.78, 5) is 19.0. The number of carbonyl (C=O) groups excluding carboxylic acids is 1. The number of ether oxygens (including phenoxy) is 2. The molecule has 43 heavy (non-hydrogen) atoms. The van der Waals surface area contributed by atoms with Gasteiger partial charge in [0.1, 0.15) is 17.6 Å². The molecule has 0 radical (unpaired) electrons. The van der Waals surface area contributed by atoms with Crippen molar-refractivity contribution < 1.29 is 36.2 Å². The summed E-state index contributed by atoms with van der Waals surface area (Å²) in [5.41, 5.74) is 0.603. The van der Waals surface area contributed by atoms with Gasteiger partial charge in [0, 0.05) is 44.0 Å². The number of rotatable bonds is 10. The Morgan fingerprint density at radius 1 is 1.19 bits per heavy atom. The molecule has 0 bridgehead atoms. The molecule has 4 rings (SSSR count). The van der Waals surface area contributed by atoms with Crippen molar-refractivity contribution in [2.45, 2.75) is 42.3 Å². The molecule has 0 saturated heterocycles. The molecule has 2 heterocycles. The first-order valence-corrected chi connectivity index (χ1v) is 16.5. The van der Waals surface area contributed by atoms with Gasteiger partial charge in [-0.05, 0) is 49.4 Å². The predicted molar refractivity (Wildman–Crippen MR) is 159 cm³/mol. The quantitative estimate of drug-likeness (QED) is 0.338. The molecule has 15 heteroatoms. The van der Waals surface area contributed by atoms with Crippen molar-refractivity contribution >= 4 is 31.6 Å². The Labute approximate surface area is 252 Å². The van der Waals surface area contributed by atoms with Crippen LogP contribution in [0.2, 0.25) is 0 Å². The standard InChI is InChI=1S/C28H37N5O8S2/c1-19-14-33(20(2)17-34)28(35)13-21-12-22(30-42(36,37)27-16-31(3)18-29-27)6-11-25(21)41-26(19)15-32(4)43(38,39)24-9-7-23(40-5)8-10-24/h6-12,16,18-20,26,30,34H,13-15,17H2,1-5H3/t19-,20+,26+/m1/s1. The highest BCUT2D eigenvalue weighted by molar-refractivity contribution is 7.92. The number of carbonyl (C=O) groups is 1. The first kappa shape index (κ1) is 32.3. The Morgan fingerprint density at radius 3 is 2.49 bits per heavy atom. The number of likely N-dealkylation sites (N-methyl/N-ethyl adjacent to an activating group) is 1. The number of fused-ring (bicyclic) bond motifs is 1. The van der Waals surface area contributed by atoms with E-state index >= 15 is 0 Å². The van der Waals surface area contributed by atoms with Gasteiger partial charge in [0.2, 0.25) is 15.9 Å². The summed E-state index contributed by atoms with van der Waals surface area (Å²) >= 11 is 0. The van der Waals surface area contributed by atoms with E-state index in [1.165, 1.54) is 59.8 Å². The summed E-state index contributed by atoms with van der Waals surface area (Å²) < 4.78 is 69.3. The molecule has 0 fully saturated rings. The summed E-state index contributed by atoms with van der Waals surface area (Å²) in [6.07, 6.45) is 1.91. The zero-order chi connectivity index (χ0) is 31.5. The summed E-state index contributed by atoms with van der Waals surface area (Å²) in [5.74, 6) is 0.207. The first-order chi connectivity index (χ1) is 20.2. The molecule has 3 atom stereocenters. The lowest BCUT2D eigenvalue weighted by Gasteiger charge is -2.33. The number of sulfonamides is 2. The van der Waals surface area contributed by atoms with E-state index in [0.29, 0.717) is 17.1 Å². The minimum Gasteiger partial charge on any atom is -0.497 e. The third-order valence-corrected chi connectivity index (χ3v) is 10.4. The van der Waals surface area contributed by atoms with Crippen molar-refractivity contribution in [1.29, 1.82) is 0 Å². The van der Waals surface area contributed by atoms with Crippen LogP contribution in [0.15, 0.2) is 64.9 Å². The number of hydrogen-bond donors (Lipinski definition) is 2. The second-order valence-corrected chi connectivity index (χ2v) is 14.3. The lowest BCUT2D eigenvalue weighted by atomic mass is 10.0. The molecule has 1 aromatic heterocycles. The minimum atomic E-state index is -4.00. The van der Waals surface area contributed by atoms with Crippen LogP contribution >= 0.6 is 0 Å². The zero-order valence-electron chi connectivity index (χ0n) is 24.7. The molecule has 3 aromatic rings. The topological polar surface area (TPSA) is 160 Å². The summed E-state index contributed by atoms with van der Waals surface area (Å²) in [7, 11) is -3.30. The highest BCUT2D eigenvalue weighted by atomic mass is 32.2. The Hall–Kier alpha value is -3.66. The van der Waals surface area contributed by atoms with Crippen molar-refractivity contribution in [3.8, 4) is 11.5 Å². The highest BCUT2D eigenvalue weighted by Gasteiger charge is 2.33. The van der Waals surface area contributed by atoms with Gasteiger partial charge < -0.3 is 24.0 Å².